The molecule has 1 aromatic carbocycles. The molecule has 32 heavy (non-hydrogen) atoms. The van der Waals surface area contributed by atoms with Crippen LogP contribution in [-0.2, 0) is 17.7 Å². The van der Waals surface area contributed by atoms with Gasteiger partial charge in [0.2, 0.25) is 0 Å². The number of aromatic nitrogens is 3. The zero-order valence-electron chi connectivity index (χ0n) is 18.7. The fraction of sp³-hybridized carbons (Fsp3) is 0.375. The normalized spacial score (nSPS) is 16.1. The number of ether oxygens (including phenoxy) is 3. The molecule has 3 aromatic rings. The first-order valence-corrected chi connectivity index (χ1v) is 10.7. The van der Waals surface area contributed by atoms with Crippen molar-refractivity contribution in [3.05, 3.63) is 71.3 Å². The number of morpholine rings is 1. The third-order valence-corrected chi connectivity index (χ3v) is 5.60. The summed E-state index contributed by atoms with van der Waals surface area (Å²) < 4.78 is 18.5. The van der Waals surface area contributed by atoms with E-state index >= 15 is 0 Å². The Kier molecular flexibility index (Phi) is 6.70. The molecular weight excluding hydrogens is 408 g/mol. The van der Waals surface area contributed by atoms with Crippen LogP contribution in [0.15, 0.2) is 48.8 Å². The van der Waals surface area contributed by atoms with Crippen LogP contribution in [0.5, 0.6) is 11.5 Å². The monoisotopic (exact) mass is 436 g/mol. The molecule has 0 radical (unpaired) electrons. The zero-order chi connectivity index (χ0) is 22.5. The Morgan fingerprint density at radius 2 is 2.06 bits per heavy atom. The van der Waals surface area contributed by atoms with Crippen LogP contribution in [0.4, 0.5) is 0 Å². The summed E-state index contributed by atoms with van der Waals surface area (Å²) >= 11 is 0. The number of hydrogen-bond acceptors (Lipinski definition) is 6. The summed E-state index contributed by atoms with van der Waals surface area (Å²) in [5.41, 5.74) is 3.35. The lowest BCUT2D eigenvalue weighted by Crippen LogP contribution is -2.42. The standard InChI is InChI=1S/C24H28N4O4/c1-4-28-10-9-21(26-28)24(29)27-11-12-32-23(16-27)20-7-5-17(15-25-20)13-18-14-19(30-2)6-8-22(18)31-3/h5-10,14-15,23H,4,11-13,16H2,1-3H3. The third-order valence-electron chi connectivity index (χ3n) is 5.60. The summed E-state index contributed by atoms with van der Waals surface area (Å²) in [6.07, 6.45) is 4.08. The SMILES string of the molecule is CCn1ccc(C(=O)N2CCOC(c3ccc(Cc4cc(OC)ccc4OC)cn3)C2)n1. The summed E-state index contributed by atoms with van der Waals surface area (Å²) in [6, 6.07) is 11.5. The van der Waals surface area contributed by atoms with E-state index in [1.165, 1.54) is 0 Å². The van der Waals surface area contributed by atoms with E-state index < -0.39 is 0 Å². The molecule has 1 unspecified atom stereocenters. The van der Waals surface area contributed by atoms with Gasteiger partial charge in [-0.25, -0.2) is 0 Å². The Morgan fingerprint density at radius 1 is 1.19 bits per heavy atom. The Morgan fingerprint density at radius 3 is 2.75 bits per heavy atom. The first-order chi connectivity index (χ1) is 15.6. The quantitative estimate of drug-likeness (QED) is 0.566. The highest BCUT2D eigenvalue weighted by Crippen LogP contribution is 2.27. The summed E-state index contributed by atoms with van der Waals surface area (Å²) in [6.45, 7) is 4.19. The molecule has 1 aliphatic rings. The number of amides is 1. The van der Waals surface area contributed by atoms with Crippen LogP contribution in [0.25, 0.3) is 0 Å². The number of pyridine rings is 1. The molecule has 0 bridgehead atoms. The van der Waals surface area contributed by atoms with E-state index in [0.29, 0.717) is 31.8 Å². The maximum Gasteiger partial charge on any atom is 0.274 e. The predicted octanol–water partition coefficient (Wildman–Crippen LogP) is 3.12. The van der Waals surface area contributed by atoms with Crippen molar-refractivity contribution in [1.82, 2.24) is 19.7 Å². The van der Waals surface area contributed by atoms with E-state index in [-0.39, 0.29) is 12.0 Å². The number of carbonyl (C=O) groups is 1. The van der Waals surface area contributed by atoms with Crippen molar-refractivity contribution in [3.8, 4) is 11.5 Å². The van der Waals surface area contributed by atoms with Gasteiger partial charge in [0.05, 0.1) is 33.1 Å². The fourth-order valence-electron chi connectivity index (χ4n) is 3.80. The molecule has 0 N–H and O–H groups in total. The summed E-state index contributed by atoms with van der Waals surface area (Å²) in [7, 11) is 3.31. The average Bonchev–Trinajstić information content (AvgIpc) is 3.33. The van der Waals surface area contributed by atoms with Gasteiger partial charge in [-0.05, 0) is 42.8 Å². The number of carbonyl (C=O) groups excluding carboxylic acids is 1. The lowest BCUT2D eigenvalue weighted by Gasteiger charge is -2.32. The van der Waals surface area contributed by atoms with Gasteiger partial charge in [0.25, 0.3) is 5.91 Å². The molecule has 8 heteroatoms. The molecule has 1 saturated heterocycles. The van der Waals surface area contributed by atoms with Gasteiger partial charge in [-0.2, -0.15) is 5.10 Å². The van der Waals surface area contributed by atoms with E-state index in [1.807, 2.05) is 49.6 Å². The van der Waals surface area contributed by atoms with E-state index in [2.05, 4.69) is 10.1 Å². The van der Waals surface area contributed by atoms with Crippen LogP contribution in [0.1, 0.15) is 40.3 Å². The minimum Gasteiger partial charge on any atom is -0.497 e. The number of nitrogens with zero attached hydrogens (tertiary/aromatic N) is 4. The van der Waals surface area contributed by atoms with Gasteiger partial charge in [0, 0.05) is 37.5 Å². The van der Waals surface area contributed by atoms with Crippen molar-refractivity contribution >= 4 is 5.91 Å². The molecule has 1 aliphatic heterocycles. The Bertz CT molecular complexity index is 1060. The molecule has 0 saturated carbocycles. The van der Waals surface area contributed by atoms with Gasteiger partial charge < -0.3 is 19.1 Å². The van der Waals surface area contributed by atoms with Crippen molar-refractivity contribution < 1.29 is 19.0 Å². The van der Waals surface area contributed by atoms with Crippen molar-refractivity contribution in [1.29, 1.82) is 0 Å². The number of hydrogen-bond donors (Lipinski definition) is 0. The molecule has 168 valence electrons. The van der Waals surface area contributed by atoms with Crippen LogP contribution in [0.2, 0.25) is 0 Å². The van der Waals surface area contributed by atoms with Gasteiger partial charge in [0.15, 0.2) is 0 Å². The number of rotatable bonds is 7. The highest BCUT2D eigenvalue weighted by atomic mass is 16.5. The number of aryl methyl sites for hydroxylation is 1. The molecular formula is C24H28N4O4. The second-order valence-electron chi connectivity index (χ2n) is 7.61. The Labute approximate surface area is 187 Å². The van der Waals surface area contributed by atoms with Gasteiger partial charge in [0.1, 0.15) is 23.3 Å². The molecule has 8 nitrogen and oxygen atoms in total. The van der Waals surface area contributed by atoms with Crippen LogP contribution in [0.3, 0.4) is 0 Å². The lowest BCUT2D eigenvalue weighted by atomic mass is 10.0. The van der Waals surface area contributed by atoms with E-state index in [4.69, 9.17) is 14.2 Å². The van der Waals surface area contributed by atoms with Gasteiger partial charge in [-0.1, -0.05) is 6.07 Å². The van der Waals surface area contributed by atoms with Crippen LogP contribution >= 0.6 is 0 Å². The second kappa shape index (κ2) is 9.82. The predicted molar refractivity (Wildman–Crippen MR) is 119 cm³/mol. The molecule has 1 amide bonds. The fourth-order valence-corrected chi connectivity index (χ4v) is 3.80. The first kappa shape index (κ1) is 21.8. The van der Waals surface area contributed by atoms with E-state index in [1.54, 1.807) is 29.9 Å². The van der Waals surface area contributed by atoms with Gasteiger partial charge >= 0.3 is 0 Å². The van der Waals surface area contributed by atoms with E-state index in [0.717, 1.165) is 34.9 Å². The lowest BCUT2D eigenvalue weighted by molar-refractivity contribution is -0.0249. The third kappa shape index (κ3) is 4.75. The molecule has 2 aromatic heterocycles. The van der Waals surface area contributed by atoms with Crippen molar-refractivity contribution in [2.24, 2.45) is 0 Å². The number of methoxy groups -OCH3 is 2. The van der Waals surface area contributed by atoms with Gasteiger partial charge in [-0.3, -0.25) is 14.5 Å². The maximum atomic E-state index is 12.8. The molecule has 3 heterocycles. The largest absolute Gasteiger partial charge is 0.497 e. The highest BCUT2D eigenvalue weighted by Gasteiger charge is 2.28. The zero-order valence-corrected chi connectivity index (χ0v) is 18.7. The van der Waals surface area contributed by atoms with Gasteiger partial charge in [-0.15, -0.1) is 0 Å². The minimum atomic E-state index is -0.263. The van der Waals surface area contributed by atoms with E-state index in [9.17, 15) is 4.79 Å². The Balaban J connectivity index is 1.44. The molecule has 0 aliphatic carbocycles. The summed E-state index contributed by atoms with van der Waals surface area (Å²) in [5.74, 6) is 1.52. The Hall–Kier alpha value is -3.39. The molecule has 1 fully saturated rings. The maximum absolute atomic E-state index is 12.8. The molecule has 1 atom stereocenters. The molecule has 4 rings (SSSR count). The van der Waals surface area contributed by atoms with Crippen LogP contribution in [0, 0.1) is 0 Å². The number of benzene rings is 1. The van der Waals surface area contributed by atoms with Crippen LogP contribution in [-0.4, -0.2) is 59.5 Å². The topological polar surface area (TPSA) is 78.7 Å². The summed E-state index contributed by atoms with van der Waals surface area (Å²) in [4.78, 5) is 19.2. The summed E-state index contributed by atoms with van der Waals surface area (Å²) in [5, 5.41) is 4.33. The first-order valence-electron chi connectivity index (χ1n) is 10.7. The van der Waals surface area contributed by atoms with Crippen molar-refractivity contribution in [2.45, 2.75) is 26.0 Å². The molecule has 0 spiro atoms. The smallest absolute Gasteiger partial charge is 0.274 e. The van der Waals surface area contributed by atoms with Crippen molar-refractivity contribution in [3.63, 3.8) is 0 Å². The second-order valence-corrected chi connectivity index (χ2v) is 7.61. The minimum absolute atomic E-state index is 0.0766. The van der Waals surface area contributed by atoms with Crippen LogP contribution < -0.4 is 9.47 Å². The highest BCUT2D eigenvalue weighted by molar-refractivity contribution is 5.92. The average molecular weight is 437 g/mol. The van der Waals surface area contributed by atoms with Crippen molar-refractivity contribution in [2.75, 3.05) is 33.9 Å².